The Bertz CT molecular complexity index is 495. The minimum absolute atomic E-state index is 0.0208. The van der Waals surface area contributed by atoms with Crippen molar-refractivity contribution in [2.24, 2.45) is 0 Å². The molecule has 0 aromatic carbocycles. The summed E-state index contributed by atoms with van der Waals surface area (Å²) in [6.45, 7) is 6.72. The number of rotatable bonds is 1. The molecule has 0 atom stereocenters. The van der Waals surface area contributed by atoms with E-state index in [1.807, 2.05) is 13.8 Å². The number of carbonyl (C=O) groups is 1. The Morgan fingerprint density at radius 1 is 1.33 bits per heavy atom. The van der Waals surface area contributed by atoms with E-state index in [9.17, 15) is 4.79 Å². The van der Waals surface area contributed by atoms with E-state index in [1.165, 1.54) is 6.33 Å². The molecule has 0 unspecified atom stereocenters. The van der Waals surface area contributed by atoms with E-state index in [2.05, 4.69) is 20.2 Å². The highest BCUT2D eigenvalue weighted by atomic mass is 16.5. The zero-order valence-corrected chi connectivity index (χ0v) is 10.6. The molecule has 2 aliphatic heterocycles. The molecule has 3 heterocycles. The number of amides is 1. The highest BCUT2D eigenvalue weighted by Crippen LogP contribution is 2.40. The molecule has 1 fully saturated rings. The molecular formula is C12H16N4O2. The van der Waals surface area contributed by atoms with E-state index in [0.717, 1.165) is 30.3 Å². The average Bonchev–Trinajstić information content (AvgIpc) is 2.62. The lowest BCUT2D eigenvalue weighted by Crippen LogP contribution is -2.37. The van der Waals surface area contributed by atoms with Gasteiger partial charge in [-0.3, -0.25) is 4.79 Å². The van der Waals surface area contributed by atoms with Gasteiger partial charge >= 0.3 is 0 Å². The normalized spacial score (nSPS) is 21.7. The molecule has 1 aromatic rings. The summed E-state index contributed by atoms with van der Waals surface area (Å²) in [6.07, 6.45) is 1.53. The van der Waals surface area contributed by atoms with E-state index in [0.29, 0.717) is 13.2 Å². The van der Waals surface area contributed by atoms with Crippen LogP contribution in [-0.2, 0) is 14.9 Å². The van der Waals surface area contributed by atoms with Gasteiger partial charge in [0.05, 0.1) is 24.3 Å². The Balaban J connectivity index is 2.04. The van der Waals surface area contributed by atoms with Gasteiger partial charge in [-0.15, -0.1) is 0 Å². The molecule has 18 heavy (non-hydrogen) atoms. The van der Waals surface area contributed by atoms with Gasteiger partial charge in [-0.2, -0.15) is 0 Å². The monoisotopic (exact) mass is 248 g/mol. The molecule has 0 aliphatic carbocycles. The highest BCUT2D eigenvalue weighted by Gasteiger charge is 2.42. The second-order valence-electron chi connectivity index (χ2n) is 5.10. The zero-order valence-electron chi connectivity index (χ0n) is 10.6. The van der Waals surface area contributed by atoms with Crippen LogP contribution in [0, 0.1) is 0 Å². The third-order valence-corrected chi connectivity index (χ3v) is 3.54. The minimum Gasteiger partial charge on any atom is -0.378 e. The Hall–Kier alpha value is -1.69. The van der Waals surface area contributed by atoms with E-state index in [1.54, 1.807) is 0 Å². The number of fused-ring (bicyclic) bond motifs is 1. The number of nitrogens with one attached hydrogen (secondary N) is 1. The van der Waals surface area contributed by atoms with Crippen LogP contribution in [0.1, 0.15) is 19.5 Å². The molecule has 96 valence electrons. The lowest BCUT2D eigenvalue weighted by Gasteiger charge is -2.28. The summed E-state index contributed by atoms with van der Waals surface area (Å²) < 4.78 is 5.33. The first-order chi connectivity index (χ1) is 8.60. The van der Waals surface area contributed by atoms with Gasteiger partial charge in [-0.25, -0.2) is 9.97 Å². The van der Waals surface area contributed by atoms with Crippen molar-refractivity contribution < 1.29 is 9.53 Å². The second-order valence-corrected chi connectivity index (χ2v) is 5.10. The zero-order chi connectivity index (χ0) is 12.8. The van der Waals surface area contributed by atoms with Crippen LogP contribution in [0.15, 0.2) is 6.33 Å². The van der Waals surface area contributed by atoms with Crippen LogP contribution in [0.4, 0.5) is 11.5 Å². The number of hydrogen-bond donors (Lipinski definition) is 1. The van der Waals surface area contributed by atoms with E-state index in [4.69, 9.17) is 4.74 Å². The molecule has 0 bridgehead atoms. The summed E-state index contributed by atoms with van der Waals surface area (Å²) in [5.41, 5.74) is 0.956. The second kappa shape index (κ2) is 3.91. The Morgan fingerprint density at radius 3 is 2.78 bits per heavy atom. The Morgan fingerprint density at radius 2 is 2.06 bits per heavy atom. The van der Waals surface area contributed by atoms with E-state index < -0.39 is 5.41 Å². The lowest BCUT2D eigenvalue weighted by molar-refractivity contribution is -0.119. The van der Waals surface area contributed by atoms with Crippen molar-refractivity contribution in [3.63, 3.8) is 0 Å². The predicted octanol–water partition coefficient (Wildman–Crippen LogP) is 0.543. The summed E-state index contributed by atoms with van der Waals surface area (Å²) in [5, 5.41) is 2.91. The molecule has 0 spiro atoms. The van der Waals surface area contributed by atoms with Gasteiger partial charge in [0.2, 0.25) is 5.91 Å². The number of ether oxygens (including phenoxy) is 1. The summed E-state index contributed by atoms with van der Waals surface area (Å²) in [6, 6.07) is 0. The maximum absolute atomic E-state index is 12.0. The molecule has 1 saturated heterocycles. The number of hydrogen-bond acceptors (Lipinski definition) is 5. The summed E-state index contributed by atoms with van der Waals surface area (Å²) in [7, 11) is 0. The van der Waals surface area contributed by atoms with Gasteiger partial charge in [0.25, 0.3) is 0 Å². The molecule has 6 heteroatoms. The first kappa shape index (κ1) is 11.4. The molecule has 3 rings (SSSR count). The van der Waals surface area contributed by atoms with Crippen molar-refractivity contribution in [2.45, 2.75) is 19.3 Å². The highest BCUT2D eigenvalue weighted by molar-refractivity contribution is 6.07. The van der Waals surface area contributed by atoms with Gasteiger partial charge < -0.3 is 15.0 Å². The van der Waals surface area contributed by atoms with Crippen molar-refractivity contribution in [3.05, 3.63) is 12.0 Å². The third-order valence-electron chi connectivity index (χ3n) is 3.54. The van der Waals surface area contributed by atoms with Crippen LogP contribution in [0.3, 0.4) is 0 Å². The van der Waals surface area contributed by atoms with Gasteiger partial charge in [-0.1, -0.05) is 0 Å². The number of morpholine rings is 1. The maximum Gasteiger partial charge on any atom is 0.236 e. The first-order valence-electron chi connectivity index (χ1n) is 6.10. The van der Waals surface area contributed by atoms with E-state index in [-0.39, 0.29) is 5.91 Å². The Labute approximate surface area is 105 Å². The van der Waals surface area contributed by atoms with Gasteiger partial charge in [0, 0.05) is 13.1 Å². The van der Waals surface area contributed by atoms with Gasteiger partial charge in [0.1, 0.15) is 12.0 Å². The summed E-state index contributed by atoms with van der Waals surface area (Å²) in [5.74, 6) is 0.787. The molecule has 0 radical (unpaired) electrons. The average molecular weight is 248 g/mol. The molecular weight excluding hydrogens is 232 g/mol. The topological polar surface area (TPSA) is 67.4 Å². The van der Waals surface area contributed by atoms with E-state index >= 15 is 0 Å². The summed E-state index contributed by atoms with van der Waals surface area (Å²) >= 11 is 0. The SMILES string of the molecule is CC1(C)C(=O)Nc2c(N3CCOCC3)ncnc21. The molecule has 1 N–H and O–H groups in total. The van der Waals surface area contributed by atoms with Crippen molar-refractivity contribution in [1.29, 1.82) is 0 Å². The number of aromatic nitrogens is 2. The fourth-order valence-electron chi connectivity index (χ4n) is 2.36. The van der Waals surface area contributed by atoms with Crippen LogP contribution in [-0.4, -0.2) is 42.2 Å². The molecule has 2 aliphatic rings. The first-order valence-corrected chi connectivity index (χ1v) is 6.10. The van der Waals surface area contributed by atoms with Crippen molar-refractivity contribution in [3.8, 4) is 0 Å². The standard InChI is InChI=1S/C12H16N4O2/c1-12(2)9-8(15-11(12)17)10(14-7-13-9)16-3-5-18-6-4-16/h7H,3-6H2,1-2H3,(H,15,17). The largest absolute Gasteiger partial charge is 0.378 e. The van der Waals surface area contributed by atoms with Crippen LogP contribution < -0.4 is 10.2 Å². The molecule has 1 aromatic heterocycles. The van der Waals surface area contributed by atoms with Crippen LogP contribution in [0.5, 0.6) is 0 Å². The molecule has 6 nitrogen and oxygen atoms in total. The van der Waals surface area contributed by atoms with Crippen molar-refractivity contribution in [1.82, 2.24) is 9.97 Å². The number of carbonyl (C=O) groups excluding carboxylic acids is 1. The van der Waals surface area contributed by atoms with Crippen molar-refractivity contribution >= 4 is 17.4 Å². The van der Waals surface area contributed by atoms with Crippen LogP contribution >= 0.6 is 0 Å². The quantitative estimate of drug-likeness (QED) is 0.785. The van der Waals surface area contributed by atoms with Gasteiger partial charge in [0.15, 0.2) is 5.82 Å². The summed E-state index contributed by atoms with van der Waals surface area (Å²) in [4.78, 5) is 22.7. The minimum atomic E-state index is -0.584. The third kappa shape index (κ3) is 1.56. The predicted molar refractivity (Wildman–Crippen MR) is 66.7 cm³/mol. The lowest BCUT2D eigenvalue weighted by atomic mass is 9.90. The number of anilines is 2. The fourth-order valence-corrected chi connectivity index (χ4v) is 2.36. The fraction of sp³-hybridized carbons (Fsp3) is 0.583. The van der Waals surface area contributed by atoms with Gasteiger partial charge in [-0.05, 0) is 13.8 Å². The Kier molecular flexibility index (Phi) is 2.48. The van der Waals surface area contributed by atoms with Crippen LogP contribution in [0.25, 0.3) is 0 Å². The number of nitrogens with zero attached hydrogens (tertiary/aromatic N) is 3. The van der Waals surface area contributed by atoms with Crippen molar-refractivity contribution in [2.75, 3.05) is 36.5 Å². The molecule has 0 saturated carbocycles. The van der Waals surface area contributed by atoms with Crippen LogP contribution in [0.2, 0.25) is 0 Å². The maximum atomic E-state index is 12.0. The molecule has 1 amide bonds. The smallest absolute Gasteiger partial charge is 0.236 e.